The van der Waals surface area contributed by atoms with Crippen molar-refractivity contribution in [2.24, 2.45) is 0 Å². The molecule has 8 nitrogen and oxygen atoms in total. The Morgan fingerprint density at radius 1 is 1.50 bits per heavy atom. The van der Waals surface area contributed by atoms with Crippen LogP contribution in [0.15, 0.2) is 33.1 Å². The van der Waals surface area contributed by atoms with E-state index in [1.807, 2.05) is 4.98 Å². The molecule has 1 aliphatic rings. The van der Waals surface area contributed by atoms with Crippen molar-refractivity contribution in [3.8, 4) is 0 Å². The fraction of sp³-hybridized carbons (Fsp3) is 0.455. The van der Waals surface area contributed by atoms with Gasteiger partial charge in [0.25, 0.3) is 5.56 Å². The Morgan fingerprint density at radius 3 is 2.80 bits per heavy atom. The second-order valence-corrected chi connectivity index (χ2v) is 5.11. The second-order valence-electron chi connectivity index (χ2n) is 4.23. The van der Waals surface area contributed by atoms with Gasteiger partial charge in [-0.05, 0) is 22.5 Å². The molecule has 2 heterocycles. The van der Waals surface area contributed by atoms with Crippen molar-refractivity contribution in [2.45, 2.75) is 24.5 Å². The van der Waals surface area contributed by atoms with Gasteiger partial charge < -0.3 is 19.7 Å². The summed E-state index contributed by atoms with van der Waals surface area (Å²) < 4.78 is 11.7. The predicted octanol–water partition coefficient (Wildman–Crippen LogP) is -0.962. The van der Waals surface area contributed by atoms with E-state index in [0.29, 0.717) is 0 Å². The molecule has 0 spiro atoms. The molecule has 0 aliphatic carbocycles. The van der Waals surface area contributed by atoms with Gasteiger partial charge in [-0.1, -0.05) is 0 Å². The molecule has 110 valence electrons. The lowest BCUT2D eigenvalue weighted by Crippen LogP contribution is -2.37. The van der Waals surface area contributed by atoms with Crippen molar-refractivity contribution in [1.29, 1.82) is 0 Å². The van der Waals surface area contributed by atoms with E-state index in [-0.39, 0.29) is 11.3 Å². The van der Waals surface area contributed by atoms with E-state index < -0.39 is 35.8 Å². The molecule has 4 atom stereocenters. The zero-order valence-electron chi connectivity index (χ0n) is 10.2. The molecular weight excluding hydrogens is 336 g/mol. The molecule has 1 saturated heterocycles. The highest BCUT2D eigenvalue weighted by atomic mass is 79.9. The molecule has 0 unspecified atom stereocenters. The standard InChI is InChI=1S/C11H13BrN2O6/c1-5(12)19-4-6-8(16)9(17)10(20-6)14-3-2-7(15)13-11(14)18/h2-3,6,8-10,16-17H,1,4H2,(H,13,15,18)/t6-,8-,9-,10-/m1/s1. The molecule has 0 aromatic carbocycles. The summed E-state index contributed by atoms with van der Waals surface area (Å²) in [4.78, 5) is 24.7. The van der Waals surface area contributed by atoms with E-state index in [9.17, 15) is 19.8 Å². The van der Waals surface area contributed by atoms with Crippen molar-refractivity contribution in [3.63, 3.8) is 0 Å². The summed E-state index contributed by atoms with van der Waals surface area (Å²) in [5.41, 5.74) is -1.30. The summed E-state index contributed by atoms with van der Waals surface area (Å²) in [6.07, 6.45) is -3.30. The van der Waals surface area contributed by atoms with E-state index in [4.69, 9.17) is 9.47 Å². The van der Waals surface area contributed by atoms with Crippen molar-refractivity contribution in [1.82, 2.24) is 9.55 Å². The minimum absolute atomic E-state index is 0.0447. The van der Waals surface area contributed by atoms with Gasteiger partial charge >= 0.3 is 5.69 Å². The molecule has 1 aliphatic heterocycles. The maximum absolute atomic E-state index is 11.6. The summed E-state index contributed by atoms with van der Waals surface area (Å²) in [6.45, 7) is 3.42. The fourth-order valence-electron chi connectivity index (χ4n) is 1.90. The summed E-state index contributed by atoms with van der Waals surface area (Å²) in [6, 6.07) is 1.12. The number of nitrogens with zero attached hydrogens (tertiary/aromatic N) is 1. The Labute approximate surface area is 121 Å². The lowest BCUT2D eigenvalue weighted by Gasteiger charge is -2.16. The lowest BCUT2D eigenvalue weighted by atomic mass is 10.1. The Kier molecular flexibility index (Phi) is 4.43. The molecule has 0 saturated carbocycles. The van der Waals surface area contributed by atoms with E-state index in [1.54, 1.807) is 0 Å². The molecule has 2 rings (SSSR count). The minimum atomic E-state index is -1.32. The number of rotatable bonds is 4. The van der Waals surface area contributed by atoms with Crippen LogP contribution >= 0.6 is 15.9 Å². The van der Waals surface area contributed by atoms with Crippen LogP contribution in [0.25, 0.3) is 0 Å². The van der Waals surface area contributed by atoms with Crippen molar-refractivity contribution in [2.75, 3.05) is 6.61 Å². The SMILES string of the molecule is C=C(Br)OC[C@H]1O[C@@H](n2ccc(=O)[nH]c2=O)[C@H](O)[C@@H]1O. The number of aromatic nitrogens is 2. The van der Waals surface area contributed by atoms with Crippen LogP contribution in [0.4, 0.5) is 0 Å². The molecule has 0 radical (unpaired) electrons. The molecule has 1 aromatic rings. The van der Waals surface area contributed by atoms with Gasteiger partial charge in [0.05, 0.1) is 0 Å². The Balaban J connectivity index is 2.19. The van der Waals surface area contributed by atoms with E-state index in [0.717, 1.165) is 10.6 Å². The van der Waals surface area contributed by atoms with Crippen LogP contribution in [0.1, 0.15) is 6.23 Å². The average molecular weight is 349 g/mol. The number of ether oxygens (including phenoxy) is 2. The zero-order chi connectivity index (χ0) is 14.9. The highest BCUT2D eigenvalue weighted by molar-refractivity contribution is 9.11. The third kappa shape index (κ3) is 3.01. The number of hydrogen-bond acceptors (Lipinski definition) is 6. The van der Waals surface area contributed by atoms with Gasteiger partial charge in [-0.3, -0.25) is 14.3 Å². The van der Waals surface area contributed by atoms with Crippen LogP contribution < -0.4 is 11.2 Å². The smallest absolute Gasteiger partial charge is 0.330 e. The number of aliphatic hydroxyl groups is 2. The first-order valence-corrected chi connectivity index (χ1v) is 6.49. The summed E-state index contributed by atoms with van der Waals surface area (Å²) in [7, 11) is 0. The number of hydrogen-bond donors (Lipinski definition) is 3. The van der Waals surface area contributed by atoms with E-state index in [2.05, 4.69) is 22.5 Å². The first-order valence-electron chi connectivity index (χ1n) is 5.70. The number of nitrogens with one attached hydrogen (secondary N) is 1. The molecule has 0 bridgehead atoms. The van der Waals surface area contributed by atoms with Crippen LogP contribution in [0, 0.1) is 0 Å². The molecule has 1 fully saturated rings. The topological polar surface area (TPSA) is 114 Å². The van der Waals surface area contributed by atoms with Gasteiger partial charge in [0.1, 0.15) is 24.9 Å². The van der Waals surface area contributed by atoms with Crippen LogP contribution in [-0.2, 0) is 9.47 Å². The minimum Gasteiger partial charge on any atom is -0.485 e. The first kappa shape index (κ1) is 15.0. The maximum Gasteiger partial charge on any atom is 0.330 e. The number of aliphatic hydroxyl groups excluding tert-OH is 2. The van der Waals surface area contributed by atoms with Gasteiger partial charge in [-0.15, -0.1) is 0 Å². The highest BCUT2D eigenvalue weighted by Gasteiger charge is 2.44. The largest absolute Gasteiger partial charge is 0.485 e. The predicted molar refractivity (Wildman–Crippen MR) is 71.3 cm³/mol. The second kappa shape index (κ2) is 5.92. The van der Waals surface area contributed by atoms with Crippen molar-refractivity contribution < 1.29 is 19.7 Å². The number of H-pyrrole nitrogens is 1. The Bertz CT molecular complexity index is 611. The Hall–Kier alpha value is -1.42. The van der Waals surface area contributed by atoms with Crippen molar-refractivity contribution >= 4 is 15.9 Å². The van der Waals surface area contributed by atoms with E-state index >= 15 is 0 Å². The van der Waals surface area contributed by atoms with Crippen LogP contribution in [0.5, 0.6) is 0 Å². The quantitative estimate of drug-likeness (QED) is 0.604. The average Bonchev–Trinajstić information content (AvgIpc) is 2.64. The Morgan fingerprint density at radius 2 is 2.20 bits per heavy atom. The molecule has 3 N–H and O–H groups in total. The summed E-state index contributed by atoms with van der Waals surface area (Å²) in [5, 5.41) is 19.8. The van der Waals surface area contributed by atoms with Gasteiger partial charge in [0.15, 0.2) is 10.9 Å². The molecule has 9 heteroatoms. The highest BCUT2D eigenvalue weighted by Crippen LogP contribution is 2.28. The maximum atomic E-state index is 11.6. The number of halogens is 1. The van der Waals surface area contributed by atoms with E-state index in [1.165, 1.54) is 6.20 Å². The molecule has 0 amide bonds. The van der Waals surface area contributed by atoms with Crippen LogP contribution in [0.2, 0.25) is 0 Å². The first-order chi connectivity index (χ1) is 9.40. The molecular formula is C11H13BrN2O6. The summed E-state index contributed by atoms with van der Waals surface area (Å²) in [5.74, 6) is 0. The van der Waals surface area contributed by atoms with Gasteiger partial charge in [-0.2, -0.15) is 0 Å². The molecule has 1 aromatic heterocycles. The van der Waals surface area contributed by atoms with Crippen LogP contribution in [0.3, 0.4) is 0 Å². The fourth-order valence-corrected chi connectivity index (χ4v) is 2.03. The molecule has 20 heavy (non-hydrogen) atoms. The zero-order valence-corrected chi connectivity index (χ0v) is 11.8. The van der Waals surface area contributed by atoms with Crippen LogP contribution in [-0.4, -0.2) is 44.7 Å². The third-order valence-electron chi connectivity index (χ3n) is 2.87. The van der Waals surface area contributed by atoms with Gasteiger partial charge in [-0.25, -0.2) is 4.79 Å². The monoisotopic (exact) mass is 348 g/mol. The number of aromatic amines is 1. The van der Waals surface area contributed by atoms with Gasteiger partial charge in [0, 0.05) is 12.3 Å². The van der Waals surface area contributed by atoms with Crippen molar-refractivity contribution in [3.05, 3.63) is 44.3 Å². The van der Waals surface area contributed by atoms with Gasteiger partial charge in [0.2, 0.25) is 0 Å². The third-order valence-corrected chi connectivity index (χ3v) is 3.10. The summed E-state index contributed by atoms with van der Waals surface area (Å²) >= 11 is 2.99. The normalized spacial score (nSPS) is 29.4. The lowest BCUT2D eigenvalue weighted by molar-refractivity contribution is -0.0574.